The smallest absolute Gasteiger partial charge is 0.291 e. The number of carbonyl (C=O) groups excluding carboxylic acids is 1. The SMILES string of the molecule is CCOC(=NCCC(C)C)NC(=O)c1ccc(F)cc1. The quantitative estimate of drug-likeness (QED) is 0.666. The molecule has 0 bridgehead atoms. The number of carbonyl (C=O) groups is 1. The monoisotopic (exact) mass is 280 g/mol. The number of halogens is 1. The lowest BCUT2D eigenvalue weighted by molar-refractivity contribution is 0.0966. The van der Waals surface area contributed by atoms with Crippen LogP contribution in [0.5, 0.6) is 0 Å². The Morgan fingerprint density at radius 1 is 1.35 bits per heavy atom. The van der Waals surface area contributed by atoms with Crippen molar-refractivity contribution in [2.75, 3.05) is 13.2 Å². The predicted octanol–water partition coefficient (Wildman–Crippen LogP) is 2.99. The highest BCUT2D eigenvalue weighted by molar-refractivity contribution is 6.04. The van der Waals surface area contributed by atoms with Crippen LogP contribution in [-0.2, 0) is 4.74 Å². The summed E-state index contributed by atoms with van der Waals surface area (Å²) in [6.45, 7) is 7.04. The molecule has 1 aromatic rings. The van der Waals surface area contributed by atoms with Gasteiger partial charge in [0.25, 0.3) is 11.9 Å². The molecule has 110 valence electrons. The van der Waals surface area contributed by atoms with Gasteiger partial charge in [0.1, 0.15) is 5.82 Å². The van der Waals surface area contributed by atoms with Gasteiger partial charge in [-0.15, -0.1) is 0 Å². The van der Waals surface area contributed by atoms with Gasteiger partial charge in [0.2, 0.25) is 0 Å². The number of ether oxygens (including phenoxy) is 1. The van der Waals surface area contributed by atoms with Crippen LogP contribution >= 0.6 is 0 Å². The normalized spacial score (nSPS) is 11.6. The molecular weight excluding hydrogens is 259 g/mol. The van der Waals surface area contributed by atoms with Gasteiger partial charge in [0.05, 0.1) is 6.61 Å². The molecule has 0 unspecified atom stereocenters. The van der Waals surface area contributed by atoms with E-state index >= 15 is 0 Å². The molecular formula is C15H21FN2O2. The summed E-state index contributed by atoms with van der Waals surface area (Å²) < 4.78 is 18.1. The van der Waals surface area contributed by atoms with Crippen molar-refractivity contribution >= 4 is 11.9 Å². The second-order valence-electron chi connectivity index (χ2n) is 4.76. The van der Waals surface area contributed by atoms with Crippen LogP contribution < -0.4 is 5.32 Å². The minimum Gasteiger partial charge on any atom is -0.465 e. The first-order valence-corrected chi connectivity index (χ1v) is 6.77. The van der Waals surface area contributed by atoms with Gasteiger partial charge >= 0.3 is 0 Å². The molecule has 0 saturated carbocycles. The Bertz CT molecular complexity index is 455. The summed E-state index contributed by atoms with van der Waals surface area (Å²) in [7, 11) is 0. The van der Waals surface area contributed by atoms with Gasteiger partial charge in [-0.1, -0.05) is 13.8 Å². The van der Waals surface area contributed by atoms with E-state index in [0.717, 1.165) is 6.42 Å². The van der Waals surface area contributed by atoms with Crippen molar-refractivity contribution in [2.45, 2.75) is 27.2 Å². The topological polar surface area (TPSA) is 50.7 Å². The summed E-state index contributed by atoms with van der Waals surface area (Å²) in [5.41, 5.74) is 0.364. The number of aliphatic imine (C=N–C) groups is 1. The Hall–Kier alpha value is -1.91. The van der Waals surface area contributed by atoms with Crippen LogP contribution in [0.1, 0.15) is 37.6 Å². The lowest BCUT2D eigenvalue weighted by Gasteiger charge is -2.09. The first kappa shape index (κ1) is 16.1. The fourth-order valence-electron chi connectivity index (χ4n) is 1.45. The Kier molecular flexibility index (Phi) is 6.70. The van der Waals surface area contributed by atoms with E-state index in [1.54, 1.807) is 0 Å². The van der Waals surface area contributed by atoms with E-state index in [0.29, 0.717) is 24.6 Å². The number of nitrogens with one attached hydrogen (secondary N) is 1. The van der Waals surface area contributed by atoms with Crippen LogP contribution in [-0.4, -0.2) is 25.1 Å². The van der Waals surface area contributed by atoms with Gasteiger partial charge in [0, 0.05) is 12.1 Å². The molecule has 0 heterocycles. The maximum absolute atomic E-state index is 12.8. The van der Waals surface area contributed by atoms with Gasteiger partial charge < -0.3 is 4.74 Å². The summed E-state index contributed by atoms with van der Waals surface area (Å²) in [5, 5.41) is 2.59. The summed E-state index contributed by atoms with van der Waals surface area (Å²) in [5.74, 6) is -0.201. The molecule has 4 nitrogen and oxygen atoms in total. The highest BCUT2D eigenvalue weighted by atomic mass is 19.1. The van der Waals surface area contributed by atoms with E-state index in [2.05, 4.69) is 24.2 Å². The third-order valence-electron chi connectivity index (χ3n) is 2.57. The van der Waals surface area contributed by atoms with Gasteiger partial charge in [-0.2, -0.15) is 0 Å². The average molecular weight is 280 g/mol. The van der Waals surface area contributed by atoms with E-state index in [4.69, 9.17) is 4.74 Å². The Morgan fingerprint density at radius 2 is 2.00 bits per heavy atom. The molecule has 0 fully saturated rings. The van der Waals surface area contributed by atoms with Crippen LogP contribution in [0.2, 0.25) is 0 Å². The van der Waals surface area contributed by atoms with E-state index < -0.39 is 0 Å². The molecule has 5 heteroatoms. The molecule has 0 saturated heterocycles. The van der Waals surface area contributed by atoms with Crippen molar-refractivity contribution in [3.8, 4) is 0 Å². The van der Waals surface area contributed by atoms with Crippen molar-refractivity contribution < 1.29 is 13.9 Å². The molecule has 0 aromatic heterocycles. The van der Waals surface area contributed by atoms with E-state index in [1.807, 2.05) is 6.92 Å². The molecule has 1 amide bonds. The molecule has 20 heavy (non-hydrogen) atoms. The first-order chi connectivity index (χ1) is 9.52. The largest absolute Gasteiger partial charge is 0.465 e. The summed E-state index contributed by atoms with van der Waals surface area (Å²) >= 11 is 0. The van der Waals surface area contributed by atoms with Gasteiger partial charge in [0.15, 0.2) is 0 Å². The molecule has 0 spiro atoms. The van der Waals surface area contributed by atoms with Gasteiger partial charge in [-0.3, -0.25) is 10.1 Å². The maximum atomic E-state index is 12.8. The second-order valence-corrected chi connectivity index (χ2v) is 4.76. The Labute approximate surface area is 119 Å². The lowest BCUT2D eigenvalue weighted by atomic mass is 10.1. The van der Waals surface area contributed by atoms with Crippen molar-refractivity contribution in [1.29, 1.82) is 0 Å². The van der Waals surface area contributed by atoms with E-state index in [9.17, 15) is 9.18 Å². The van der Waals surface area contributed by atoms with Crippen LogP contribution in [0, 0.1) is 11.7 Å². The van der Waals surface area contributed by atoms with Crippen molar-refractivity contribution in [1.82, 2.24) is 5.32 Å². The van der Waals surface area contributed by atoms with Crippen molar-refractivity contribution in [3.63, 3.8) is 0 Å². The van der Waals surface area contributed by atoms with Crippen LogP contribution in [0.4, 0.5) is 4.39 Å². The number of amides is 1. The maximum Gasteiger partial charge on any atom is 0.291 e. The predicted molar refractivity (Wildman–Crippen MR) is 77.2 cm³/mol. The molecule has 0 atom stereocenters. The van der Waals surface area contributed by atoms with Crippen LogP contribution in [0.3, 0.4) is 0 Å². The number of hydrogen-bond acceptors (Lipinski definition) is 3. The number of benzene rings is 1. The van der Waals surface area contributed by atoms with E-state index in [-0.39, 0.29) is 17.7 Å². The van der Waals surface area contributed by atoms with Gasteiger partial charge in [-0.25, -0.2) is 9.38 Å². The summed E-state index contributed by atoms with van der Waals surface area (Å²) in [6.07, 6.45) is 0.920. The zero-order valence-electron chi connectivity index (χ0n) is 12.1. The molecule has 1 aromatic carbocycles. The third-order valence-corrected chi connectivity index (χ3v) is 2.57. The second kappa shape index (κ2) is 8.30. The fourth-order valence-corrected chi connectivity index (χ4v) is 1.45. The molecule has 1 rings (SSSR count). The minimum atomic E-state index is -0.378. The number of hydrogen-bond donors (Lipinski definition) is 1. The zero-order valence-corrected chi connectivity index (χ0v) is 12.1. The lowest BCUT2D eigenvalue weighted by Crippen LogP contribution is -2.32. The first-order valence-electron chi connectivity index (χ1n) is 6.77. The summed E-state index contributed by atoms with van der Waals surface area (Å²) in [6, 6.07) is 5.53. The Morgan fingerprint density at radius 3 is 2.55 bits per heavy atom. The van der Waals surface area contributed by atoms with Gasteiger partial charge in [-0.05, 0) is 43.5 Å². The molecule has 0 radical (unpaired) electrons. The van der Waals surface area contributed by atoms with Crippen LogP contribution in [0.25, 0.3) is 0 Å². The third kappa shape index (κ3) is 5.82. The molecule has 1 N–H and O–H groups in total. The highest BCUT2D eigenvalue weighted by Crippen LogP contribution is 2.03. The van der Waals surface area contributed by atoms with Crippen LogP contribution in [0.15, 0.2) is 29.3 Å². The zero-order chi connectivity index (χ0) is 15.0. The van der Waals surface area contributed by atoms with E-state index in [1.165, 1.54) is 24.3 Å². The highest BCUT2D eigenvalue weighted by Gasteiger charge is 2.09. The molecule has 0 aliphatic heterocycles. The molecule has 0 aliphatic carbocycles. The standard InChI is InChI=1S/C15H21FN2O2/c1-4-20-15(17-10-9-11(2)3)18-14(19)12-5-7-13(16)8-6-12/h5-8,11H,4,9-10H2,1-3H3,(H,17,18,19). The minimum absolute atomic E-state index is 0.211. The fraction of sp³-hybridized carbons (Fsp3) is 0.467. The Balaban J connectivity index is 2.64. The molecule has 0 aliphatic rings. The number of rotatable bonds is 5. The van der Waals surface area contributed by atoms with Crippen molar-refractivity contribution in [3.05, 3.63) is 35.6 Å². The number of amidine groups is 1. The summed E-state index contributed by atoms with van der Waals surface area (Å²) in [4.78, 5) is 16.2. The van der Waals surface area contributed by atoms with Crippen molar-refractivity contribution in [2.24, 2.45) is 10.9 Å². The average Bonchev–Trinajstić information content (AvgIpc) is 2.39. The number of nitrogens with zero attached hydrogens (tertiary/aromatic N) is 1.